The molecule has 0 spiro atoms. The topological polar surface area (TPSA) is 79.4 Å². The predicted molar refractivity (Wildman–Crippen MR) is 121 cm³/mol. The van der Waals surface area contributed by atoms with Crippen molar-refractivity contribution in [2.75, 3.05) is 5.32 Å². The number of hydrogen-bond donors (Lipinski definition) is 1. The first kappa shape index (κ1) is 20.9. The molecule has 7 heteroatoms. The van der Waals surface area contributed by atoms with Gasteiger partial charge >= 0.3 is 0 Å². The molecule has 2 heterocycles. The molecule has 1 N–H and O–H groups in total. The second kappa shape index (κ2) is 8.43. The molecule has 31 heavy (non-hydrogen) atoms. The van der Waals surface area contributed by atoms with Crippen LogP contribution in [0.3, 0.4) is 0 Å². The number of aryl methyl sites for hydroxylation is 1. The molecular weight excluding hydrogens is 410 g/mol. The molecule has 1 aliphatic heterocycles. The molecule has 158 valence electrons. The highest BCUT2D eigenvalue weighted by Gasteiger charge is 2.44. The van der Waals surface area contributed by atoms with Crippen molar-refractivity contribution in [2.24, 2.45) is 5.92 Å². The number of hydrogen-bond acceptors (Lipinski definition) is 5. The van der Waals surface area contributed by atoms with E-state index in [1.165, 1.54) is 16.9 Å². The molecule has 0 bridgehead atoms. The molecule has 4 rings (SSSR count). The van der Waals surface area contributed by atoms with E-state index >= 15 is 0 Å². The van der Waals surface area contributed by atoms with Crippen LogP contribution in [0.5, 0.6) is 0 Å². The van der Waals surface area contributed by atoms with Crippen molar-refractivity contribution >= 4 is 34.2 Å². The smallest absolute Gasteiger partial charge is 0.262 e. The third kappa shape index (κ3) is 3.88. The van der Waals surface area contributed by atoms with Gasteiger partial charge in [-0.2, -0.15) is 0 Å². The van der Waals surface area contributed by atoms with Gasteiger partial charge in [0.2, 0.25) is 5.91 Å². The normalized spacial score (nSPS) is 14.1. The number of amides is 3. The maximum absolute atomic E-state index is 13.1. The van der Waals surface area contributed by atoms with Crippen molar-refractivity contribution in [3.8, 4) is 11.3 Å². The van der Waals surface area contributed by atoms with E-state index in [0.717, 1.165) is 22.6 Å². The maximum Gasteiger partial charge on any atom is 0.262 e. The van der Waals surface area contributed by atoms with Crippen molar-refractivity contribution in [1.82, 2.24) is 9.88 Å². The molecule has 0 saturated heterocycles. The minimum atomic E-state index is -0.927. The number of nitrogens with one attached hydrogen (secondary N) is 1. The zero-order chi connectivity index (χ0) is 22.1. The third-order valence-corrected chi connectivity index (χ3v) is 6.15. The van der Waals surface area contributed by atoms with Crippen molar-refractivity contribution < 1.29 is 14.4 Å². The summed E-state index contributed by atoms with van der Waals surface area (Å²) in [6, 6.07) is 13.9. The van der Waals surface area contributed by atoms with Crippen LogP contribution in [0.4, 0.5) is 5.13 Å². The average Bonchev–Trinajstić information content (AvgIpc) is 3.33. The zero-order valence-corrected chi connectivity index (χ0v) is 18.4. The summed E-state index contributed by atoms with van der Waals surface area (Å²) in [4.78, 5) is 44.4. The van der Waals surface area contributed by atoms with Crippen LogP contribution < -0.4 is 5.32 Å². The number of anilines is 1. The monoisotopic (exact) mass is 433 g/mol. The van der Waals surface area contributed by atoms with Gasteiger partial charge in [-0.3, -0.25) is 19.3 Å². The van der Waals surface area contributed by atoms with E-state index in [0.29, 0.717) is 16.3 Å². The van der Waals surface area contributed by atoms with E-state index in [9.17, 15) is 14.4 Å². The van der Waals surface area contributed by atoms with E-state index < -0.39 is 23.8 Å². The van der Waals surface area contributed by atoms with E-state index in [1.807, 2.05) is 31.4 Å². The van der Waals surface area contributed by atoms with Gasteiger partial charge in [0.15, 0.2) is 5.13 Å². The average molecular weight is 434 g/mol. The van der Waals surface area contributed by atoms with Gasteiger partial charge < -0.3 is 5.32 Å². The molecular formula is C24H23N3O3S. The first-order chi connectivity index (χ1) is 14.9. The second-order valence-corrected chi connectivity index (χ2v) is 8.65. The molecule has 0 aliphatic carbocycles. The minimum absolute atomic E-state index is 0.261. The number of thiazole rings is 1. The van der Waals surface area contributed by atoms with Crippen LogP contribution in [-0.2, 0) is 11.2 Å². The first-order valence-electron chi connectivity index (χ1n) is 10.2. The molecule has 0 fully saturated rings. The fourth-order valence-corrected chi connectivity index (χ4v) is 4.46. The van der Waals surface area contributed by atoms with Crippen LogP contribution in [0, 0.1) is 5.92 Å². The quantitative estimate of drug-likeness (QED) is 0.575. The van der Waals surface area contributed by atoms with Gasteiger partial charge in [-0.25, -0.2) is 4.98 Å². The highest BCUT2D eigenvalue weighted by Crippen LogP contribution is 2.29. The molecule has 2 aromatic carbocycles. The second-order valence-electron chi connectivity index (χ2n) is 7.79. The molecule has 3 amide bonds. The minimum Gasteiger partial charge on any atom is -0.300 e. The maximum atomic E-state index is 13.1. The number of carbonyl (C=O) groups is 3. The molecule has 3 aromatic rings. The number of aromatic nitrogens is 1. The van der Waals surface area contributed by atoms with Gasteiger partial charge in [-0.15, -0.1) is 11.3 Å². The molecule has 1 unspecified atom stereocenters. The molecule has 1 atom stereocenters. The van der Waals surface area contributed by atoms with Crippen molar-refractivity contribution in [3.63, 3.8) is 0 Å². The summed E-state index contributed by atoms with van der Waals surface area (Å²) < 4.78 is 0. The van der Waals surface area contributed by atoms with Crippen molar-refractivity contribution in [1.29, 1.82) is 0 Å². The highest BCUT2D eigenvalue weighted by atomic mass is 32.1. The Balaban J connectivity index is 1.55. The Bertz CT molecular complexity index is 1120. The summed E-state index contributed by atoms with van der Waals surface area (Å²) in [6.07, 6.45) is 0.965. The van der Waals surface area contributed by atoms with E-state index in [-0.39, 0.29) is 5.92 Å². The molecule has 0 radical (unpaired) electrons. The van der Waals surface area contributed by atoms with Gasteiger partial charge in [0, 0.05) is 10.9 Å². The standard InChI is InChI=1S/C24H23N3O3S/c1-4-15-9-11-16(12-10-15)19-13-31-24(25-19)26-21(28)20(14(2)3)27-22(29)17-7-5-6-8-18(17)23(27)30/h5-14,20H,4H2,1-3H3,(H,25,26,28). The fraction of sp³-hybridized carbons (Fsp3) is 0.250. The number of imide groups is 1. The molecule has 1 aliphatic rings. The Morgan fingerprint density at radius 1 is 1.03 bits per heavy atom. The Hall–Kier alpha value is -3.32. The van der Waals surface area contributed by atoms with Crippen LogP contribution in [0.2, 0.25) is 0 Å². The predicted octanol–water partition coefficient (Wildman–Crippen LogP) is 4.63. The molecule has 0 saturated carbocycles. The van der Waals surface area contributed by atoms with Crippen LogP contribution in [0.15, 0.2) is 53.9 Å². The summed E-state index contributed by atoms with van der Waals surface area (Å²) in [6.45, 7) is 5.73. The number of nitrogens with zero attached hydrogens (tertiary/aromatic N) is 2. The number of rotatable bonds is 6. The zero-order valence-electron chi connectivity index (χ0n) is 17.6. The lowest BCUT2D eigenvalue weighted by atomic mass is 10.0. The highest BCUT2D eigenvalue weighted by molar-refractivity contribution is 7.14. The SMILES string of the molecule is CCc1ccc(-c2csc(NC(=O)C(C(C)C)N3C(=O)c4ccccc4C3=O)n2)cc1. The summed E-state index contributed by atoms with van der Waals surface area (Å²) in [5, 5.41) is 5.11. The van der Waals surface area contributed by atoms with Crippen LogP contribution >= 0.6 is 11.3 Å². The van der Waals surface area contributed by atoms with Crippen LogP contribution in [0.25, 0.3) is 11.3 Å². The fourth-order valence-electron chi connectivity index (χ4n) is 3.73. The summed E-state index contributed by atoms with van der Waals surface area (Å²) in [5.74, 6) is -1.56. The lowest BCUT2D eigenvalue weighted by Crippen LogP contribution is -2.50. The van der Waals surface area contributed by atoms with Crippen LogP contribution in [-0.4, -0.2) is 33.6 Å². The third-order valence-electron chi connectivity index (χ3n) is 5.40. The largest absolute Gasteiger partial charge is 0.300 e. The Kier molecular flexibility index (Phi) is 5.69. The molecule has 6 nitrogen and oxygen atoms in total. The summed E-state index contributed by atoms with van der Waals surface area (Å²) in [7, 11) is 0. The molecule has 1 aromatic heterocycles. The van der Waals surface area contributed by atoms with E-state index in [1.54, 1.807) is 24.3 Å². The van der Waals surface area contributed by atoms with Crippen molar-refractivity contribution in [2.45, 2.75) is 33.2 Å². The van der Waals surface area contributed by atoms with Crippen LogP contribution in [0.1, 0.15) is 47.1 Å². The van der Waals surface area contributed by atoms with E-state index in [4.69, 9.17) is 0 Å². The Morgan fingerprint density at radius 2 is 1.65 bits per heavy atom. The number of carbonyl (C=O) groups excluding carboxylic acids is 3. The van der Waals surface area contributed by atoms with E-state index in [2.05, 4.69) is 29.4 Å². The van der Waals surface area contributed by atoms with Gasteiger partial charge in [-0.1, -0.05) is 57.2 Å². The lowest BCUT2D eigenvalue weighted by molar-refractivity contribution is -0.121. The van der Waals surface area contributed by atoms with Gasteiger partial charge in [0.1, 0.15) is 6.04 Å². The first-order valence-corrected chi connectivity index (χ1v) is 11.1. The lowest BCUT2D eigenvalue weighted by Gasteiger charge is -2.27. The van der Waals surface area contributed by atoms with Crippen molar-refractivity contribution in [3.05, 3.63) is 70.6 Å². The number of benzene rings is 2. The van der Waals surface area contributed by atoms with Gasteiger partial charge in [0.05, 0.1) is 16.8 Å². The summed E-state index contributed by atoms with van der Waals surface area (Å²) >= 11 is 1.31. The van der Waals surface area contributed by atoms with Gasteiger partial charge in [-0.05, 0) is 30.0 Å². The Labute approximate surface area is 184 Å². The number of fused-ring (bicyclic) bond motifs is 1. The Morgan fingerprint density at radius 3 is 2.19 bits per heavy atom. The summed E-state index contributed by atoms with van der Waals surface area (Å²) in [5.41, 5.74) is 3.64. The van der Waals surface area contributed by atoms with Gasteiger partial charge in [0.25, 0.3) is 11.8 Å².